The van der Waals surface area contributed by atoms with E-state index in [2.05, 4.69) is 0 Å². The summed E-state index contributed by atoms with van der Waals surface area (Å²) in [6, 6.07) is 0. The highest BCUT2D eigenvalue weighted by Crippen LogP contribution is 2.79. The molecule has 0 aromatic heterocycles. The zero-order valence-electron chi connectivity index (χ0n) is 10.7. The molecule has 0 aromatic rings. The third-order valence-corrected chi connectivity index (χ3v) is 9.91. The average molecular weight is 425 g/mol. The molecule has 22 heavy (non-hydrogen) atoms. The molecule has 0 radical (unpaired) electrons. The topological polar surface area (TPSA) is 43.4 Å². The van der Waals surface area contributed by atoms with E-state index in [1.807, 2.05) is 0 Å². The lowest BCUT2D eigenvalue weighted by molar-refractivity contribution is -0.153. The Kier molecular flexibility index (Phi) is 3.23. The molecule has 0 amide bonds. The summed E-state index contributed by atoms with van der Waals surface area (Å²) in [5.74, 6) is -2.93. The van der Waals surface area contributed by atoms with Crippen LogP contribution in [0.5, 0.6) is 0 Å². The van der Waals surface area contributed by atoms with Crippen molar-refractivity contribution in [3.8, 4) is 0 Å². The fourth-order valence-corrected chi connectivity index (χ4v) is 7.61. The summed E-state index contributed by atoms with van der Waals surface area (Å²) in [7, 11) is 0. The second kappa shape index (κ2) is 4.42. The van der Waals surface area contributed by atoms with Crippen LogP contribution >= 0.6 is 69.6 Å². The van der Waals surface area contributed by atoms with Gasteiger partial charge in [-0.2, -0.15) is 0 Å². The average Bonchev–Trinajstić information content (AvgIpc) is 2.85. The number of hydrogen-bond acceptors (Lipinski definition) is 3. The monoisotopic (exact) mass is 422 g/mol. The van der Waals surface area contributed by atoms with E-state index in [0.29, 0.717) is 12.8 Å². The van der Waals surface area contributed by atoms with Crippen molar-refractivity contribution in [1.82, 2.24) is 0 Å². The number of halogens is 6. The number of alkyl halides is 4. The van der Waals surface area contributed by atoms with Crippen LogP contribution < -0.4 is 0 Å². The molecule has 3 nitrogen and oxygen atoms in total. The Hall–Kier alpha value is 0.620. The molecule has 0 N–H and O–H groups in total. The minimum Gasteiger partial charge on any atom is -0.393 e. The van der Waals surface area contributed by atoms with Crippen molar-refractivity contribution in [2.45, 2.75) is 26.9 Å². The van der Waals surface area contributed by atoms with Gasteiger partial charge in [0.15, 0.2) is 4.33 Å². The number of rotatable bonds is 0. The van der Waals surface area contributed by atoms with E-state index in [1.54, 1.807) is 0 Å². The van der Waals surface area contributed by atoms with Gasteiger partial charge in [0.05, 0.1) is 21.9 Å². The highest BCUT2D eigenvalue weighted by molar-refractivity contribution is 6.65. The van der Waals surface area contributed by atoms with Crippen LogP contribution in [-0.4, -0.2) is 26.0 Å². The van der Waals surface area contributed by atoms with Gasteiger partial charge < -0.3 is 4.74 Å². The summed E-state index contributed by atoms with van der Waals surface area (Å²) in [5, 5.41) is 0.237. The maximum Gasteiger partial charge on any atom is 0.317 e. The lowest BCUT2D eigenvalue weighted by Crippen LogP contribution is -2.44. The summed E-state index contributed by atoms with van der Waals surface area (Å²) >= 11 is 39.0. The number of allylic oxidation sites excluding steroid dienone is 2. The second-order valence-corrected chi connectivity index (χ2v) is 9.54. The fraction of sp³-hybridized carbons (Fsp3) is 0.692. The van der Waals surface area contributed by atoms with E-state index < -0.39 is 37.9 Å². The Labute approximate surface area is 156 Å². The van der Waals surface area contributed by atoms with Crippen molar-refractivity contribution in [3.05, 3.63) is 10.1 Å². The van der Waals surface area contributed by atoms with E-state index in [0.717, 1.165) is 0 Å². The van der Waals surface area contributed by atoms with Gasteiger partial charge in [0.2, 0.25) is 0 Å². The number of esters is 2. The van der Waals surface area contributed by atoms with Crippen LogP contribution in [0.25, 0.3) is 0 Å². The number of ether oxygens (including phenoxy) is 1. The van der Waals surface area contributed by atoms with Crippen LogP contribution in [0.15, 0.2) is 10.1 Å². The first-order valence-electron chi connectivity index (χ1n) is 6.65. The van der Waals surface area contributed by atoms with Gasteiger partial charge in [-0.05, 0) is 24.7 Å². The molecule has 1 aliphatic heterocycles. The summed E-state index contributed by atoms with van der Waals surface area (Å²) in [6.45, 7) is 0. The van der Waals surface area contributed by atoms with E-state index in [9.17, 15) is 9.59 Å². The summed E-state index contributed by atoms with van der Waals surface area (Å²) in [6.07, 6.45) is 0.582. The molecular weight excluding hydrogens is 417 g/mol. The third-order valence-electron chi connectivity index (χ3n) is 5.56. The molecule has 4 aliphatic rings. The van der Waals surface area contributed by atoms with Crippen LogP contribution in [-0.2, 0) is 14.3 Å². The number of hydrogen-bond donors (Lipinski definition) is 0. The molecule has 2 bridgehead atoms. The Morgan fingerprint density at radius 3 is 1.55 bits per heavy atom. The number of carbonyl (C=O) groups excluding carboxylic acids is 2. The molecule has 9 heteroatoms. The Balaban J connectivity index is 1.87. The largest absolute Gasteiger partial charge is 0.393 e. The standard InChI is InChI=1S/C13H8Cl6O3/c14-7-8(15)12(17)6-2-4-3(9(20)22-10(4)21)1-5(6)11(7,16)13(12,18)19/h3-6H,1-2H2/t3-,4+,5-,6-,11+,12+/m1/s1. The first-order valence-corrected chi connectivity index (χ1v) is 8.92. The maximum atomic E-state index is 11.8. The zero-order chi connectivity index (χ0) is 16.2. The van der Waals surface area contributed by atoms with Gasteiger partial charge in [0.25, 0.3) is 0 Å². The Morgan fingerprint density at radius 1 is 0.818 bits per heavy atom. The van der Waals surface area contributed by atoms with Gasteiger partial charge in [0.1, 0.15) is 9.75 Å². The van der Waals surface area contributed by atoms with E-state index in [1.165, 1.54) is 0 Å². The van der Waals surface area contributed by atoms with Crippen molar-refractivity contribution >= 4 is 81.5 Å². The maximum absolute atomic E-state index is 11.8. The highest BCUT2D eigenvalue weighted by atomic mass is 35.5. The van der Waals surface area contributed by atoms with Gasteiger partial charge in [-0.3, -0.25) is 9.59 Å². The fourth-order valence-electron chi connectivity index (χ4n) is 4.51. The van der Waals surface area contributed by atoms with Crippen LogP contribution in [0, 0.1) is 23.7 Å². The van der Waals surface area contributed by atoms with E-state index >= 15 is 0 Å². The molecule has 3 aliphatic carbocycles. The SMILES string of the molecule is O=C1OC(=O)[C@@H]2C[C@@H]3[C@@H](C[C@H]12)[C@]1(Cl)C(Cl)=C(Cl)[C@]3(Cl)C1(Cl)Cl. The predicted molar refractivity (Wildman–Crippen MR) is 84.6 cm³/mol. The Bertz CT molecular complexity index is 608. The lowest BCUT2D eigenvalue weighted by Gasteiger charge is -2.42. The molecule has 6 atom stereocenters. The zero-order valence-corrected chi connectivity index (χ0v) is 15.3. The first kappa shape index (κ1) is 16.1. The minimum absolute atomic E-state index is 0.119. The molecule has 0 spiro atoms. The first-order chi connectivity index (χ1) is 10.1. The minimum atomic E-state index is -1.63. The summed E-state index contributed by atoms with van der Waals surface area (Å²) in [5.41, 5.74) is 0. The highest BCUT2D eigenvalue weighted by Gasteiger charge is 2.83. The molecular formula is C13H8Cl6O3. The van der Waals surface area contributed by atoms with Crippen molar-refractivity contribution in [2.75, 3.05) is 0 Å². The van der Waals surface area contributed by atoms with E-state index in [-0.39, 0.29) is 21.9 Å². The summed E-state index contributed by atoms with van der Waals surface area (Å²) < 4.78 is 3.10. The van der Waals surface area contributed by atoms with Crippen molar-refractivity contribution in [2.24, 2.45) is 23.7 Å². The third kappa shape index (κ3) is 1.43. The normalized spacial score (nSPS) is 51.9. The molecule has 2 saturated carbocycles. The molecule has 0 aromatic carbocycles. The number of fused-ring (bicyclic) bond motifs is 6. The number of carbonyl (C=O) groups is 2. The molecule has 0 unspecified atom stereocenters. The van der Waals surface area contributed by atoms with Crippen molar-refractivity contribution in [3.63, 3.8) is 0 Å². The molecule has 3 fully saturated rings. The van der Waals surface area contributed by atoms with Gasteiger partial charge in [-0.25, -0.2) is 0 Å². The van der Waals surface area contributed by atoms with Crippen LogP contribution in [0.2, 0.25) is 0 Å². The number of cyclic esters (lactones) is 2. The van der Waals surface area contributed by atoms with Crippen molar-refractivity contribution < 1.29 is 14.3 Å². The van der Waals surface area contributed by atoms with Crippen LogP contribution in [0.4, 0.5) is 0 Å². The van der Waals surface area contributed by atoms with Crippen LogP contribution in [0.3, 0.4) is 0 Å². The molecule has 1 heterocycles. The quantitative estimate of drug-likeness (QED) is 0.333. The molecule has 120 valence electrons. The smallest absolute Gasteiger partial charge is 0.317 e. The van der Waals surface area contributed by atoms with Crippen LogP contribution in [0.1, 0.15) is 12.8 Å². The van der Waals surface area contributed by atoms with Gasteiger partial charge in [0, 0.05) is 0 Å². The molecule has 4 rings (SSSR count). The second-order valence-electron chi connectivity index (χ2n) is 6.26. The Morgan fingerprint density at radius 2 is 1.18 bits per heavy atom. The lowest BCUT2D eigenvalue weighted by atomic mass is 9.65. The molecule has 1 saturated heterocycles. The van der Waals surface area contributed by atoms with Gasteiger partial charge >= 0.3 is 11.9 Å². The summed E-state index contributed by atoms with van der Waals surface area (Å²) in [4.78, 5) is 20.9. The van der Waals surface area contributed by atoms with E-state index in [4.69, 9.17) is 74.3 Å². The van der Waals surface area contributed by atoms with Gasteiger partial charge in [-0.15, -0.1) is 23.2 Å². The van der Waals surface area contributed by atoms with Gasteiger partial charge in [-0.1, -0.05) is 46.4 Å². The van der Waals surface area contributed by atoms with Crippen molar-refractivity contribution in [1.29, 1.82) is 0 Å². The predicted octanol–water partition coefficient (Wildman–Crippen LogP) is 4.17.